The molecule has 4 heteroatoms. The molecule has 1 atom stereocenters. The van der Waals surface area contributed by atoms with Crippen LogP contribution in [0.25, 0.3) is 77.2 Å². The normalized spacial score (nSPS) is 15.2. The fourth-order valence-corrected chi connectivity index (χ4v) is 10.7. The first kappa shape index (κ1) is 32.4. The summed E-state index contributed by atoms with van der Waals surface area (Å²) in [6.07, 6.45) is 3.93. The zero-order valence-electron chi connectivity index (χ0n) is 32.3. The number of hydrogen-bond donors (Lipinski definition) is 0. The van der Waals surface area contributed by atoms with Crippen molar-refractivity contribution in [3.8, 4) is 33.6 Å². The van der Waals surface area contributed by atoms with Gasteiger partial charge < -0.3 is 14.0 Å². The monoisotopic (exact) mass is 752 g/mol. The van der Waals surface area contributed by atoms with Crippen LogP contribution in [-0.2, 0) is 5.41 Å². The van der Waals surface area contributed by atoms with Gasteiger partial charge in [0.15, 0.2) is 0 Å². The number of aromatic nitrogens is 3. The molecule has 1 aliphatic heterocycles. The van der Waals surface area contributed by atoms with E-state index in [1.165, 1.54) is 83.0 Å². The molecule has 0 spiro atoms. The second kappa shape index (κ2) is 11.9. The molecule has 0 saturated carbocycles. The molecule has 59 heavy (non-hydrogen) atoms. The highest BCUT2D eigenvalue weighted by Crippen LogP contribution is 2.62. The molecule has 0 saturated heterocycles. The second-order valence-electron chi connectivity index (χ2n) is 16.1. The van der Waals surface area contributed by atoms with E-state index in [1.807, 2.05) is 12.4 Å². The van der Waals surface area contributed by atoms with Crippen molar-refractivity contribution >= 4 is 60.7 Å². The summed E-state index contributed by atoms with van der Waals surface area (Å²) < 4.78 is 4.77. The Morgan fingerprint density at radius 2 is 1.08 bits per heavy atom. The molecule has 3 aromatic heterocycles. The number of benzene rings is 8. The van der Waals surface area contributed by atoms with Crippen LogP contribution in [0.15, 0.2) is 200 Å². The number of fused-ring (bicyclic) bond motifs is 11. The Morgan fingerprint density at radius 1 is 0.424 bits per heavy atom. The van der Waals surface area contributed by atoms with Crippen LogP contribution >= 0.6 is 0 Å². The van der Waals surface area contributed by atoms with E-state index >= 15 is 0 Å². The van der Waals surface area contributed by atoms with E-state index in [1.54, 1.807) is 0 Å². The molecule has 4 heterocycles. The van der Waals surface area contributed by atoms with Crippen molar-refractivity contribution in [3.63, 3.8) is 0 Å². The molecule has 0 fully saturated rings. The lowest BCUT2D eigenvalue weighted by molar-refractivity contribution is 0.702. The van der Waals surface area contributed by atoms with Crippen LogP contribution < -0.4 is 4.90 Å². The number of rotatable bonds is 4. The van der Waals surface area contributed by atoms with Gasteiger partial charge in [0, 0.05) is 56.4 Å². The number of nitrogens with zero attached hydrogens (tertiary/aromatic N) is 4. The fraction of sp³-hybridized carbons (Fsp3) is 0.0364. The lowest BCUT2D eigenvalue weighted by Crippen LogP contribution is -2.32. The second-order valence-corrected chi connectivity index (χ2v) is 16.1. The summed E-state index contributed by atoms with van der Waals surface area (Å²) in [6, 6.07) is 69.2. The summed E-state index contributed by atoms with van der Waals surface area (Å²) in [4.78, 5) is 7.17. The molecule has 0 bridgehead atoms. The lowest BCUT2D eigenvalue weighted by Gasteiger charge is -2.42. The van der Waals surface area contributed by atoms with Crippen LogP contribution in [0.1, 0.15) is 23.6 Å². The predicted octanol–water partition coefficient (Wildman–Crippen LogP) is 14.1. The van der Waals surface area contributed by atoms with Crippen molar-refractivity contribution in [1.29, 1.82) is 0 Å². The largest absolute Gasteiger partial charge is 0.310 e. The highest BCUT2D eigenvalue weighted by Gasteiger charge is 2.48. The van der Waals surface area contributed by atoms with Crippen molar-refractivity contribution < 1.29 is 0 Å². The van der Waals surface area contributed by atoms with E-state index in [9.17, 15) is 0 Å². The summed E-state index contributed by atoms with van der Waals surface area (Å²) in [5, 5.41) is 4.84. The summed E-state index contributed by atoms with van der Waals surface area (Å²) in [5.74, 6) is 0. The Balaban J connectivity index is 1.08. The number of anilines is 3. The maximum atomic E-state index is 4.65. The van der Waals surface area contributed by atoms with Gasteiger partial charge in [0.05, 0.1) is 33.4 Å². The zero-order valence-corrected chi connectivity index (χ0v) is 32.3. The smallest absolute Gasteiger partial charge is 0.0572 e. The van der Waals surface area contributed by atoms with E-state index in [2.05, 4.69) is 214 Å². The van der Waals surface area contributed by atoms with Gasteiger partial charge >= 0.3 is 0 Å². The Morgan fingerprint density at radius 3 is 1.93 bits per heavy atom. The van der Waals surface area contributed by atoms with Gasteiger partial charge in [-0.2, -0.15) is 0 Å². The number of hydrogen-bond acceptors (Lipinski definition) is 2. The van der Waals surface area contributed by atoms with E-state index in [4.69, 9.17) is 0 Å². The van der Waals surface area contributed by atoms with Gasteiger partial charge in [-0.3, -0.25) is 4.98 Å². The Hall–Kier alpha value is -7.69. The van der Waals surface area contributed by atoms with Crippen molar-refractivity contribution in [2.24, 2.45) is 0 Å². The highest BCUT2D eigenvalue weighted by molar-refractivity contribution is 6.16. The standard InChI is InChI=1S/C55H36N4/c1-55-45-22-10-8-18-40(45)42-21-13-25-52(54(42)55)59(38-27-29-48-43(33-38)41-19-9-11-23-47(41)57(48)36-14-4-2-5-15-36)50-28-26-35(32-46(50)55)39-20-12-24-51-53(39)44-34-56-31-30-49(44)58(51)37-16-6-3-7-17-37/h2-34H,1H3. The van der Waals surface area contributed by atoms with Crippen LogP contribution in [0.4, 0.5) is 17.1 Å². The quantitative estimate of drug-likeness (QED) is 0.179. The summed E-state index contributed by atoms with van der Waals surface area (Å²) in [5.41, 5.74) is 19.3. The Bertz CT molecular complexity index is 3520. The van der Waals surface area contributed by atoms with Crippen LogP contribution in [0.3, 0.4) is 0 Å². The third-order valence-electron chi connectivity index (χ3n) is 13.2. The molecule has 0 amide bonds. The van der Waals surface area contributed by atoms with E-state index in [0.29, 0.717) is 0 Å². The topological polar surface area (TPSA) is 26.0 Å². The Labute approximate surface area is 341 Å². The molecular weight excluding hydrogens is 717 g/mol. The SMILES string of the molecule is CC12c3ccccc3-c3cccc(c31)N(c1ccc3c(c1)c1ccccc1n3-c1ccccc1)c1ccc(-c3cccc4c3c3cnccc3n4-c3ccccc3)cc12. The number of pyridine rings is 1. The van der Waals surface area contributed by atoms with E-state index in [-0.39, 0.29) is 5.41 Å². The number of para-hydroxylation sites is 3. The predicted molar refractivity (Wildman–Crippen MR) is 244 cm³/mol. The molecule has 1 unspecified atom stereocenters. The third-order valence-corrected chi connectivity index (χ3v) is 13.2. The molecule has 4 nitrogen and oxygen atoms in total. The Kier molecular flexibility index (Phi) is 6.55. The van der Waals surface area contributed by atoms with E-state index in [0.717, 1.165) is 28.0 Å². The first-order chi connectivity index (χ1) is 29.2. The maximum Gasteiger partial charge on any atom is 0.0572 e. The fourth-order valence-electron chi connectivity index (χ4n) is 10.7. The minimum absolute atomic E-state index is 0.370. The molecule has 1 aliphatic carbocycles. The van der Waals surface area contributed by atoms with Gasteiger partial charge in [-0.1, -0.05) is 109 Å². The third kappa shape index (κ3) is 4.30. The molecular formula is C55H36N4. The van der Waals surface area contributed by atoms with Gasteiger partial charge in [-0.15, -0.1) is 0 Å². The summed E-state index contributed by atoms with van der Waals surface area (Å²) in [6.45, 7) is 2.45. The minimum atomic E-state index is -0.370. The summed E-state index contributed by atoms with van der Waals surface area (Å²) in [7, 11) is 0. The molecule has 8 aromatic carbocycles. The molecule has 0 radical (unpaired) electrons. The molecule has 2 aliphatic rings. The van der Waals surface area contributed by atoms with Crippen LogP contribution in [0.5, 0.6) is 0 Å². The zero-order chi connectivity index (χ0) is 38.8. The molecule has 11 aromatic rings. The van der Waals surface area contributed by atoms with Gasteiger partial charge in [-0.05, 0) is 125 Å². The minimum Gasteiger partial charge on any atom is -0.310 e. The van der Waals surface area contributed by atoms with Gasteiger partial charge in [-0.25, -0.2) is 0 Å². The molecule has 13 rings (SSSR count). The van der Waals surface area contributed by atoms with Crippen molar-refractivity contribution in [2.45, 2.75) is 12.3 Å². The average Bonchev–Trinajstić information content (AvgIpc) is 3.91. The van der Waals surface area contributed by atoms with Crippen molar-refractivity contribution in [2.75, 3.05) is 4.90 Å². The highest BCUT2D eigenvalue weighted by atomic mass is 15.2. The average molecular weight is 753 g/mol. The lowest BCUT2D eigenvalue weighted by atomic mass is 9.70. The van der Waals surface area contributed by atoms with Crippen LogP contribution in [0.2, 0.25) is 0 Å². The summed E-state index contributed by atoms with van der Waals surface area (Å²) >= 11 is 0. The first-order valence-corrected chi connectivity index (χ1v) is 20.4. The van der Waals surface area contributed by atoms with Crippen LogP contribution in [0, 0.1) is 0 Å². The van der Waals surface area contributed by atoms with Gasteiger partial charge in [0.1, 0.15) is 0 Å². The first-order valence-electron chi connectivity index (χ1n) is 20.4. The van der Waals surface area contributed by atoms with Crippen molar-refractivity contribution in [3.05, 3.63) is 217 Å². The van der Waals surface area contributed by atoms with Crippen LogP contribution in [-0.4, -0.2) is 14.1 Å². The van der Waals surface area contributed by atoms with Gasteiger partial charge in [0.25, 0.3) is 0 Å². The molecule has 276 valence electrons. The van der Waals surface area contributed by atoms with E-state index < -0.39 is 0 Å². The molecule has 0 N–H and O–H groups in total. The maximum absolute atomic E-state index is 4.65. The van der Waals surface area contributed by atoms with Gasteiger partial charge in [0.2, 0.25) is 0 Å². The van der Waals surface area contributed by atoms with Crippen molar-refractivity contribution in [1.82, 2.24) is 14.1 Å².